The van der Waals surface area contributed by atoms with E-state index in [0.29, 0.717) is 16.4 Å². The molecular weight excluding hydrogens is 390 g/mol. The number of amides is 1. The molecule has 0 aromatic heterocycles. The maximum atomic E-state index is 13.6. The van der Waals surface area contributed by atoms with Gasteiger partial charge in [-0.15, -0.1) is 23.5 Å². The Hall–Kier alpha value is -1.01. The van der Waals surface area contributed by atoms with Crippen LogP contribution >= 0.6 is 23.5 Å². The summed E-state index contributed by atoms with van der Waals surface area (Å²) < 4.78 is 11.7. The zero-order valence-corrected chi connectivity index (χ0v) is 19.0. The normalized spacial score (nSPS) is 30.6. The van der Waals surface area contributed by atoms with Crippen molar-refractivity contribution in [2.24, 2.45) is 11.8 Å². The third kappa shape index (κ3) is 3.20. The van der Waals surface area contributed by atoms with Crippen molar-refractivity contribution in [3.8, 4) is 11.5 Å². The Morgan fingerprint density at radius 1 is 1.18 bits per heavy atom. The van der Waals surface area contributed by atoms with Crippen molar-refractivity contribution in [1.29, 1.82) is 0 Å². The van der Waals surface area contributed by atoms with Gasteiger partial charge >= 0.3 is 0 Å². The van der Waals surface area contributed by atoms with Crippen LogP contribution in [-0.2, 0) is 16.8 Å². The molecule has 0 unspecified atom stereocenters. The Morgan fingerprint density at radius 2 is 1.86 bits per heavy atom. The van der Waals surface area contributed by atoms with Crippen molar-refractivity contribution in [2.45, 2.75) is 49.7 Å². The predicted molar refractivity (Wildman–Crippen MR) is 118 cm³/mol. The van der Waals surface area contributed by atoms with Crippen LogP contribution in [0.4, 0.5) is 0 Å². The van der Waals surface area contributed by atoms with E-state index in [-0.39, 0.29) is 11.5 Å². The van der Waals surface area contributed by atoms with Gasteiger partial charge in [-0.2, -0.15) is 0 Å². The Labute approximate surface area is 177 Å². The number of thioether (sulfide) groups is 2. The van der Waals surface area contributed by atoms with E-state index in [1.165, 1.54) is 29.1 Å². The summed E-state index contributed by atoms with van der Waals surface area (Å²) >= 11 is 4.14. The molecule has 1 aromatic rings. The highest BCUT2D eigenvalue weighted by atomic mass is 32.2. The summed E-state index contributed by atoms with van der Waals surface area (Å²) in [6.07, 6.45) is 4.13. The second kappa shape index (κ2) is 8.02. The summed E-state index contributed by atoms with van der Waals surface area (Å²) in [6.45, 7) is 5.25. The molecule has 6 heteroatoms. The van der Waals surface area contributed by atoms with Crippen LogP contribution in [0.2, 0.25) is 0 Å². The first-order valence-electron chi connectivity index (χ1n) is 10.3. The molecule has 0 spiro atoms. The highest BCUT2D eigenvalue weighted by Crippen LogP contribution is 2.53. The second-order valence-corrected chi connectivity index (χ2v) is 11.0. The number of carbonyl (C=O) groups excluding carboxylic acids is 1. The van der Waals surface area contributed by atoms with Crippen LogP contribution in [0.1, 0.15) is 44.2 Å². The van der Waals surface area contributed by atoms with Gasteiger partial charge in [0.1, 0.15) is 0 Å². The van der Waals surface area contributed by atoms with Crippen LogP contribution in [0.5, 0.6) is 11.5 Å². The summed E-state index contributed by atoms with van der Waals surface area (Å²) in [4.78, 5) is 15.8. The zero-order chi connectivity index (χ0) is 19.9. The summed E-state index contributed by atoms with van der Waals surface area (Å²) in [5, 5.41) is 0. The van der Waals surface area contributed by atoms with Crippen molar-refractivity contribution < 1.29 is 14.3 Å². The number of benzene rings is 1. The number of nitrogens with zero attached hydrogens (tertiary/aromatic N) is 1. The number of methoxy groups -OCH3 is 2. The zero-order valence-electron chi connectivity index (χ0n) is 17.3. The number of hydrogen-bond donors (Lipinski definition) is 0. The van der Waals surface area contributed by atoms with Crippen LogP contribution in [0.15, 0.2) is 12.1 Å². The lowest BCUT2D eigenvalue weighted by Gasteiger charge is -2.55. The minimum Gasteiger partial charge on any atom is -0.493 e. The topological polar surface area (TPSA) is 38.8 Å². The molecule has 0 aliphatic carbocycles. The smallest absolute Gasteiger partial charge is 0.226 e. The molecular formula is C22H31NO3S2. The first-order chi connectivity index (χ1) is 13.5. The standard InChI is InChI=1S/C22H31NO3S2/c1-5-15-16(21-27-9-6-10-28-21)13-22(2)17-12-19(26-4)18(25-3)11-14(17)7-8-23(22)20(15)24/h11-12,15-16,21H,5-10,13H2,1-4H3/t15-,16+,22+/m0/s1. The van der Waals surface area contributed by atoms with Crippen LogP contribution in [0.3, 0.4) is 0 Å². The average Bonchev–Trinajstić information content (AvgIpc) is 2.73. The Bertz CT molecular complexity index is 750. The molecule has 0 radical (unpaired) electrons. The van der Waals surface area contributed by atoms with E-state index < -0.39 is 0 Å². The number of fused-ring (bicyclic) bond motifs is 3. The van der Waals surface area contributed by atoms with E-state index >= 15 is 0 Å². The summed E-state index contributed by atoms with van der Waals surface area (Å²) in [6, 6.07) is 4.24. The second-order valence-electron chi connectivity index (χ2n) is 8.22. The van der Waals surface area contributed by atoms with E-state index in [2.05, 4.69) is 54.4 Å². The molecule has 2 fully saturated rings. The molecule has 0 bridgehead atoms. The SMILES string of the molecule is CC[C@@H]1C(=O)N2CCc3cc(OC)c(OC)cc3[C@@]2(C)C[C@H]1C1SCCCS1. The molecule has 0 saturated carbocycles. The minimum atomic E-state index is -0.265. The Balaban J connectivity index is 1.76. The molecule has 3 atom stereocenters. The van der Waals surface area contributed by atoms with Crippen LogP contribution in [0.25, 0.3) is 0 Å². The average molecular weight is 422 g/mol. The number of piperidine rings is 1. The first-order valence-corrected chi connectivity index (χ1v) is 12.4. The molecule has 4 rings (SSSR count). The molecule has 3 aliphatic rings. The van der Waals surface area contributed by atoms with Crippen LogP contribution < -0.4 is 9.47 Å². The van der Waals surface area contributed by atoms with Crippen molar-refractivity contribution >= 4 is 29.4 Å². The lowest BCUT2D eigenvalue weighted by Crippen LogP contribution is -2.60. The van der Waals surface area contributed by atoms with Gasteiger partial charge in [0.05, 0.1) is 24.3 Å². The van der Waals surface area contributed by atoms with E-state index in [0.717, 1.165) is 37.3 Å². The van der Waals surface area contributed by atoms with Gasteiger partial charge in [-0.05, 0) is 73.3 Å². The molecule has 0 N–H and O–H groups in total. The lowest BCUT2D eigenvalue weighted by molar-refractivity contribution is -0.152. The quantitative estimate of drug-likeness (QED) is 0.713. The van der Waals surface area contributed by atoms with E-state index in [9.17, 15) is 4.79 Å². The molecule has 3 heterocycles. The molecule has 4 nitrogen and oxygen atoms in total. The summed E-state index contributed by atoms with van der Waals surface area (Å²) in [5.41, 5.74) is 2.27. The lowest BCUT2D eigenvalue weighted by atomic mass is 9.68. The molecule has 1 amide bonds. The number of hydrogen-bond acceptors (Lipinski definition) is 5. The minimum absolute atomic E-state index is 0.151. The first kappa shape index (κ1) is 20.3. The molecule has 2 saturated heterocycles. The van der Waals surface area contributed by atoms with Gasteiger partial charge in [0.2, 0.25) is 5.91 Å². The van der Waals surface area contributed by atoms with Crippen molar-refractivity contribution in [1.82, 2.24) is 4.90 Å². The van der Waals surface area contributed by atoms with Crippen LogP contribution in [-0.4, -0.2) is 47.7 Å². The van der Waals surface area contributed by atoms with Crippen molar-refractivity contribution in [3.05, 3.63) is 23.3 Å². The van der Waals surface area contributed by atoms with Crippen molar-refractivity contribution in [2.75, 3.05) is 32.3 Å². The number of ether oxygens (including phenoxy) is 2. The van der Waals surface area contributed by atoms with Gasteiger partial charge in [-0.25, -0.2) is 0 Å². The Kier molecular flexibility index (Phi) is 5.81. The summed E-state index contributed by atoms with van der Waals surface area (Å²) in [7, 11) is 3.37. The van der Waals surface area contributed by atoms with E-state index in [1.54, 1.807) is 14.2 Å². The summed E-state index contributed by atoms with van der Waals surface area (Å²) in [5.74, 6) is 4.91. The fourth-order valence-electron chi connectivity index (χ4n) is 5.33. The van der Waals surface area contributed by atoms with E-state index in [4.69, 9.17) is 9.47 Å². The van der Waals surface area contributed by atoms with Gasteiger partial charge in [0.25, 0.3) is 0 Å². The largest absolute Gasteiger partial charge is 0.493 e. The van der Waals surface area contributed by atoms with Gasteiger partial charge < -0.3 is 14.4 Å². The van der Waals surface area contributed by atoms with E-state index in [1.807, 2.05) is 0 Å². The maximum Gasteiger partial charge on any atom is 0.226 e. The highest BCUT2D eigenvalue weighted by molar-refractivity contribution is 8.17. The number of carbonyl (C=O) groups is 1. The monoisotopic (exact) mass is 421 g/mol. The molecule has 3 aliphatic heterocycles. The molecule has 1 aromatic carbocycles. The predicted octanol–water partition coefficient (Wildman–Crippen LogP) is 4.55. The third-order valence-corrected chi connectivity index (χ3v) is 9.99. The van der Waals surface area contributed by atoms with Gasteiger partial charge in [-0.3, -0.25) is 4.79 Å². The fourth-order valence-corrected chi connectivity index (χ4v) is 8.63. The van der Waals surface area contributed by atoms with Crippen LogP contribution in [0, 0.1) is 11.8 Å². The maximum absolute atomic E-state index is 13.6. The van der Waals surface area contributed by atoms with Crippen molar-refractivity contribution in [3.63, 3.8) is 0 Å². The third-order valence-electron chi connectivity index (χ3n) is 6.77. The highest BCUT2D eigenvalue weighted by Gasteiger charge is 2.52. The number of rotatable bonds is 4. The fraction of sp³-hybridized carbons (Fsp3) is 0.682. The van der Waals surface area contributed by atoms with Gasteiger partial charge in [0.15, 0.2) is 11.5 Å². The van der Waals surface area contributed by atoms with Gasteiger partial charge in [0, 0.05) is 12.5 Å². The molecule has 28 heavy (non-hydrogen) atoms. The Morgan fingerprint density at radius 3 is 2.50 bits per heavy atom. The molecule has 154 valence electrons. The van der Waals surface area contributed by atoms with Gasteiger partial charge in [-0.1, -0.05) is 6.92 Å².